The number of likely N-dealkylation sites (tertiary alicyclic amines) is 1. The molecule has 0 saturated carbocycles. The molecular weight excluding hydrogens is 436 g/mol. The zero-order valence-corrected chi connectivity index (χ0v) is 17.6. The van der Waals surface area contributed by atoms with E-state index in [-0.39, 0.29) is 11.9 Å². The Morgan fingerprint density at radius 3 is 2.76 bits per heavy atom. The SMILES string of the molecule is COc1cccc(-c2noc(C3CCN(C(=O)Nc4cccc(Br)c4)CC3)n2)c1. The number of carbonyl (C=O) groups excluding carboxylic acids is 1. The first-order valence-corrected chi connectivity index (χ1v) is 10.2. The van der Waals surface area contributed by atoms with E-state index >= 15 is 0 Å². The molecule has 2 amide bonds. The maximum Gasteiger partial charge on any atom is 0.321 e. The fourth-order valence-corrected chi connectivity index (χ4v) is 3.78. The van der Waals surface area contributed by atoms with Crippen molar-refractivity contribution in [1.82, 2.24) is 15.0 Å². The molecule has 1 aliphatic heterocycles. The molecule has 2 aromatic carbocycles. The third-order valence-corrected chi connectivity index (χ3v) is 5.47. The molecule has 150 valence electrons. The van der Waals surface area contributed by atoms with E-state index in [1.165, 1.54) is 0 Å². The molecular formula is C21H21BrN4O3. The molecule has 4 rings (SSSR count). The number of aromatic nitrogens is 2. The van der Waals surface area contributed by atoms with E-state index in [2.05, 4.69) is 31.4 Å². The van der Waals surface area contributed by atoms with E-state index in [1.807, 2.05) is 53.4 Å². The van der Waals surface area contributed by atoms with E-state index in [1.54, 1.807) is 7.11 Å². The summed E-state index contributed by atoms with van der Waals surface area (Å²) in [5.41, 5.74) is 1.62. The standard InChI is InChI=1S/C21H21BrN4O3/c1-28-18-7-2-4-15(12-18)19-24-20(29-25-19)14-8-10-26(11-9-14)21(27)23-17-6-3-5-16(22)13-17/h2-7,12-14H,8-11H2,1H3,(H,23,27). The van der Waals surface area contributed by atoms with Gasteiger partial charge in [0, 0.05) is 34.7 Å². The highest BCUT2D eigenvalue weighted by Crippen LogP contribution is 2.29. The van der Waals surface area contributed by atoms with Gasteiger partial charge in [0.15, 0.2) is 0 Å². The number of halogens is 1. The predicted molar refractivity (Wildman–Crippen MR) is 113 cm³/mol. The Bertz CT molecular complexity index is 999. The van der Waals surface area contributed by atoms with Crippen LogP contribution in [0.2, 0.25) is 0 Å². The Morgan fingerprint density at radius 1 is 1.21 bits per heavy atom. The van der Waals surface area contributed by atoms with Gasteiger partial charge in [0.2, 0.25) is 11.7 Å². The van der Waals surface area contributed by atoms with Crippen LogP contribution < -0.4 is 10.1 Å². The third kappa shape index (κ3) is 4.59. The van der Waals surface area contributed by atoms with Crippen LogP contribution in [0.3, 0.4) is 0 Å². The summed E-state index contributed by atoms with van der Waals surface area (Å²) in [6, 6.07) is 15.0. The summed E-state index contributed by atoms with van der Waals surface area (Å²) in [7, 11) is 1.63. The van der Waals surface area contributed by atoms with Crippen LogP contribution in [-0.2, 0) is 0 Å². The maximum atomic E-state index is 12.5. The quantitative estimate of drug-likeness (QED) is 0.602. The molecule has 7 nitrogen and oxygen atoms in total. The molecule has 2 heterocycles. The van der Waals surface area contributed by atoms with Gasteiger partial charge in [0.1, 0.15) is 5.75 Å². The summed E-state index contributed by atoms with van der Waals surface area (Å²) in [6.45, 7) is 1.28. The summed E-state index contributed by atoms with van der Waals surface area (Å²) >= 11 is 3.41. The lowest BCUT2D eigenvalue weighted by Crippen LogP contribution is -2.40. The Hall–Kier alpha value is -2.87. The van der Waals surface area contributed by atoms with Gasteiger partial charge >= 0.3 is 6.03 Å². The molecule has 3 aromatic rings. The molecule has 1 N–H and O–H groups in total. The molecule has 8 heteroatoms. The number of rotatable bonds is 4. The number of urea groups is 1. The van der Waals surface area contributed by atoms with Gasteiger partial charge in [-0.05, 0) is 43.2 Å². The molecule has 0 aliphatic carbocycles. The maximum absolute atomic E-state index is 12.5. The molecule has 0 spiro atoms. The monoisotopic (exact) mass is 456 g/mol. The van der Waals surface area contributed by atoms with Crippen LogP contribution in [0.25, 0.3) is 11.4 Å². The summed E-state index contributed by atoms with van der Waals surface area (Å²) in [4.78, 5) is 18.9. The molecule has 1 aliphatic rings. The van der Waals surface area contributed by atoms with E-state index in [4.69, 9.17) is 9.26 Å². The van der Waals surface area contributed by atoms with Crippen molar-refractivity contribution in [1.29, 1.82) is 0 Å². The van der Waals surface area contributed by atoms with Crippen molar-refractivity contribution < 1.29 is 14.1 Å². The number of piperidine rings is 1. The highest BCUT2D eigenvalue weighted by atomic mass is 79.9. The minimum absolute atomic E-state index is 0.0934. The predicted octanol–water partition coefficient (Wildman–Crippen LogP) is 4.92. The molecule has 29 heavy (non-hydrogen) atoms. The third-order valence-electron chi connectivity index (χ3n) is 4.98. The number of anilines is 1. The minimum atomic E-state index is -0.0934. The van der Waals surface area contributed by atoms with Crippen LogP contribution in [0.5, 0.6) is 5.75 Å². The molecule has 1 saturated heterocycles. The van der Waals surface area contributed by atoms with Crippen LogP contribution >= 0.6 is 15.9 Å². The first kappa shape index (κ1) is 19.4. The fraction of sp³-hybridized carbons (Fsp3) is 0.286. The van der Waals surface area contributed by atoms with E-state index in [9.17, 15) is 4.79 Å². The number of amides is 2. The first-order valence-electron chi connectivity index (χ1n) is 9.42. The zero-order valence-electron chi connectivity index (χ0n) is 16.0. The van der Waals surface area contributed by atoms with Crippen molar-refractivity contribution in [3.05, 3.63) is 58.9 Å². The summed E-state index contributed by atoms with van der Waals surface area (Å²) in [5, 5.41) is 7.05. The van der Waals surface area contributed by atoms with Crippen LogP contribution in [0.1, 0.15) is 24.7 Å². The summed E-state index contributed by atoms with van der Waals surface area (Å²) in [6.07, 6.45) is 1.57. The number of hydrogen-bond acceptors (Lipinski definition) is 5. The summed E-state index contributed by atoms with van der Waals surface area (Å²) in [5.74, 6) is 2.07. The van der Waals surface area contributed by atoms with Gasteiger partial charge in [0.25, 0.3) is 0 Å². The van der Waals surface area contributed by atoms with Crippen molar-refractivity contribution in [3.8, 4) is 17.1 Å². The van der Waals surface area contributed by atoms with Gasteiger partial charge < -0.3 is 19.5 Å². The number of benzene rings is 2. The highest BCUT2D eigenvalue weighted by Gasteiger charge is 2.27. The lowest BCUT2D eigenvalue weighted by Gasteiger charge is -2.30. The number of nitrogens with one attached hydrogen (secondary N) is 1. The Kier molecular flexibility index (Phi) is 5.80. The second kappa shape index (κ2) is 8.65. The number of hydrogen-bond donors (Lipinski definition) is 1. The average Bonchev–Trinajstić information content (AvgIpc) is 3.24. The average molecular weight is 457 g/mol. The van der Waals surface area contributed by atoms with Gasteiger partial charge in [-0.15, -0.1) is 0 Å². The van der Waals surface area contributed by atoms with Crippen molar-refractivity contribution in [3.63, 3.8) is 0 Å². The largest absolute Gasteiger partial charge is 0.497 e. The molecule has 0 atom stereocenters. The smallest absolute Gasteiger partial charge is 0.321 e. The van der Waals surface area contributed by atoms with E-state index in [0.29, 0.717) is 24.8 Å². The highest BCUT2D eigenvalue weighted by molar-refractivity contribution is 9.10. The zero-order chi connectivity index (χ0) is 20.2. The van der Waals surface area contributed by atoms with Crippen LogP contribution in [0.15, 0.2) is 57.5 Å². The minimum Gasteiger partial charge on any atom is -0.497 e. The fourth-order valence-electron chi connectivity index (χ4n) is 3.38. The molecule has 0 bridgehead atoms. The van der Waals surface area contributed by atoms with Gasteiger partial charge in [-0.3, -0.25) is 0 Å². The second-order valence-electron chi connectivity index (χ2n) is 6.89. The topological polar surface area (TPSA) is 80.5 Å². The Morgan fingerprint density at radius 2 is 2.00 bits per heavy atom. The van der Waals surface area contributed by atoms with E-state index < -0.39 is 0 Å². The number of carbonyl (C=O) groups is 1. The van der Waals surface area contributed by atoms with E-state index in [0.717, 1.165) is 34.3 Å². The number of methoxy groups -OCH3 is 1. The molecule has 0 unspecified atom stereocenters. The second-order valence-corrected chi connectivity index (χ2v) is 7.81. The van der Waals surface area contributed by atoms with Gasteiger partial charge in [-0.25, -0.2) is 4.79 Å². The summed E-state index contributed by atoms with van der Waals surface area (Å²) < 4.78 is 11.7. The Balaban J connectivity index is 1.36. The lowest BCUT2D eigenvalue weighted by atomic mass is 9.97. The molecule has 0 radical (unpaired) electrons. The van der Waals surface area contributed by atoms with Crippen LogP contribution in [-0.4, -0.2) is 41.3 Å². The van der Waals surface area contributed by atoms with Crippen LogP contribution in [0, 0.1) is 0 Å². The van der Waals surface area contributed by atoms with Crippen molar-refractivity contribution in [2.75, 3.05) is 25.5 Å². The van der Waals surface area contributed by atoms with Crippen molar-refractivity contribution in [2.45, 2.75) is 18.8 Å². The molecule has 1 fully saturated rings. The van der Waals surface area contributed by atoms with Gasteiger partial charge in [-0.1, -0.05) is 39.3 Å². The molecule has 1 aromatic heterocycles. The van der Waals surface area contributed by atoms with Gasteiger partial charge in [-0.2, -0.15) is 4.98 Å². The van der Waals surface area contributed by atoms with Gasteiger partial charge in [0.05, 0.1) is 7.11 Å². The normalized spacial score (nSPS) is 14.6. The van der Waals surface area contributed by atoms with Crippen molar-refractivity contribution >= 4 is 27.6 Å². The number of ether oxygens (including phenoxy) is 1. The number of nitrogens with zero attached hydrogens (tertiary/aromatic N) is 3. The first-order chi connectivity index (χ1) is 14.1. The lowest BCUT2D eigenvalue weighted by molar-refractivity contribution is 0.187. The van der Waals surface area contributed by atoms with Crippen LogP contribution in [0.4, 0.5) is 10.5 Å². The van der Waals surface area contributed by atoms with Crippen molar-refractivity contribution in [2.24, 2.45) is 0 Å². The Labute approximate surface area is 177 Å².